The molecule has 3 heterocycles. The van der Waals surface area contributed by atoms with Gasteiger partial charge in [-0.15, -0.1) is 0 Å². The van der Waals surface area contributed by atoms with Gasteiger partial charge in [-0.1, -0.05) is 30.0 Å². The van der Waals surface area contributed by atoms with Crippen molar-refractivity contribution in [1.29, 1.82) is 5.26 Å². The highest BCUT2D eigenvalue weighted by molar-refractivity contribution is 7.98. The predicted molar refractivity (Wildman–Crippen MR) is 135 cm³/mol. The topological polar surface area (TPSA) is 79.1 Å². The number of ether oxygens (including phenoxy) is 1. The number of carbonyl (C=O) groups is 1. The SMILES string of the molecule is Cc1cc(C)nc(SCc2ccc(C(=O)N3C4CCC3CC(Oc3cccc(C#N)c3)C4)cc2)n1. The maximum atomic E-state index is 13.4. The highest BCUT2D eigenvalue weighted by Crippen LogP contribution is 2.38. The van der Waals surface area contributed by atoms with Gasteiger partial charge in [-0.05, 0) is 68.7 Å². The second-order valence-electron chi connectivity index (χ2n) is 9.37. The summed E-state index contributed by atoms with van der Waals surface area (Å²) in [7, 11) is 0. The van der Waals surface area contributed by atoms with Gasteiger partial charge in [0.2, 0.25) is 0 Å². The zero-order valence-electron chi connectivity index (χ0n) is 20.0. The van der Waals surface area contributed by atoms with Gasteiger partial charge in [0.05, 0.1) is 11.6 Å². The number of rotatable bonds is 6. The first-order valence-corrected chi connectivity index (χ1v) is 13.0. The summed E-state index contributed by atoms with van der Waals surface area (Å²) in [5.74, 6) is 1.60. The molecule has 3 aromatic rings. The van der Waals surface area contributed by atoms with Crippen LogP contribution in [0.4, 0.5) is 0 Å². The summed E-state index contributed by atoms with van der Waals surface area (Å²) in [6.07, 6.45) is 3.74. The van der Waals surface area contributed by atoms with Gasteiger partial charge in [-0.25, -0.2) is 9.97 Å². The van der Waals surface area contributed by atoms with Crippen LogP contribution in [0.2, 0.25) is 0 Å². The third-order valence-electron chi connectivity index (χ3n) is 6.72. The molecule has 2 fully saturated rings. The van der Waals surface area contributed by atoms with Crippen LogP contribution in [-0.4, -0.2) is 39.0 Å². The minimum Gasteiger partial charge on any atom is -0.490 e. The molecule has 2 bridgehead atoms. The fourth-order valence-electron chi connectivity index (χ4n) is 5.18. The summed E-state index contributed by atoms with van der Waals surface area (Å²) in [5.41, 5.74) is 4.42. The monoisotopic (exact) mass is 484 g/mol. The molecule has 1 aromatic heterocycles. The number of carbonyl (C=O) groups excluding carboxylic acids is 1. The maximum Gasteiger partial charge on any atom is 0.254 e. The van der Waals surface area contributed by atoms with Crippen molar-refractivity contribution in [3.05, 3.63) is 82.7 Å². The largest absolute Gasteiger partial charge is 0.490 e. The molecule has 0 radical (unpaired) electrons. The third-order valence-corrected chi connectivity index (χ3v) is 7.64. The lowest BCUT2D eigenvalue weighted by atomic mass is 9.98. The molecule has 2 aromatic carbocycles. The molecule has 2 unspecified atom stereocenters. The minimum atomic E-state index is 0.0670. The molecule has 2 saturated heterocycles. The van der Waals surface area contributed by atoms with Crippen molar-refractivity contribution >= 4 is 17.7 Å². The van der Waals surface area contributed by atoms with Gasteiger partial charge >= 0.3 is 0 Å². The quantitative estimate of drug-likeness (QED) is 0.341. The number of nitrogens with zero attached hydrogens (tertiary/aromatic N) is 4. The lowest BCUT2D eigenvalue weighted by Gasteiger charge is -2.39. The van der Waals surface area contributed by atoms with Crippen molar-refractivity contribution in [2.45, 2.75) is 68.6 Å². The Morgan fingerprint density at radius 1 is 1.06 bits per heavy atom. The maximum absolute atomic E-state index is 13.4. The van der Waals surface area contributed by atoms with Crippen molar-refractivity contribution in [2.24, 2.45) is 0 Å². The molecule has 7 heteroatoms. The molecule has 178 valence electrons. The average molecular weight is 485 g/mol. The third kappa shape index (κ3) is 5.33. The molecule has 0 N–H and O–H groups in total. The predicted octanol–water partition coefficient (Wildman–Crippen LogP) is 5.47. The Hall–Kier alpha value is -3.37. The zero-order valence-corrected chi connectivity index (χ0v) is 20.8. The summed E-state index contributed by atoms with van der Waals surface area (Å²) in [6, 6.07) is 19.8. The van der Waals surface area contributed by atoms with Crippen LogP contribution in [0.15, 0.2) is 59.8 Å². The van der Waals surface area contributed by atoms with Crippen molar-refractivity contribution < 1.29 is 9.53 Å². The van der Waals surface area contributed by atoms with E-state index in [1.807, 2.05) is 56.3 Å². The van der Waals surface area contributed by atoms with Crippen LogP contribution >= 0.6 is 11.8 Å². The van der Waals surface area contributed by atoms with Crippen molar-refractivity contribution in [2.75, 3.05) is 0 Å². The smallest absolute Gasteiger partial charge is 0.254 e. The number of hydrogen-bond acceptors (Lipinski definition) is 6. The Labute approximate surface area is 210 Å². The molecule has 2 atom stereocenters. The number of piperidine rings is 1. The van der Waals surface area contributed by atoms with Crippen LogP contribution in [0.1, 0.15) is 58.6 Å². The van der Waals surface area contributed by atoms with Crippen LogP contribution in [0.5, 0.6) is 5.75 Å². The van der Waals surface area contributed by atoms with E-state index in [4.69, 9.17) is 10.00 Å². The van der Waals surface area contributed by atoms with Crippen molar-refractivity contribution in [3.8, 4) is 11.8 Å². The van der Waals surface area contributed by atoms with Gasteiger partial charge < -0.3 is 9.64 Å². The lowest BCUT2D eigenvalue weighted by molar-refractivity contribution is 0.0359. The van der Waals surface area contributed by atoms with Gasteiger partial charge in [0.1, 0.15) is 11.9 Å². The Bertz CT molecular complexity index is 1240. The highest BCUT2D eigenvalue weighted by Gasteiger charge is 2.44. The molecule has 0 spiro atoms. The molecule has 0 saturated carbocycles. The number of amides is 1. The summed E-state index contributed by atoms with van der Waals surface area (Å²) >= 11 is 1.61. The van der Waals surface area contributed by atoms with Gasteiger partial charge in [-0.2, -0.15) is 5.26 Å². The number of benzene rings is 2. The first-order chi connectivity index (χ1) is 17.0. The highest BCUT2D eigenvalue weighted by atomic mass is 32.2. The fourth-order valence-corrected chi connectivity index (χ4v) is 6.09. The van der Waals surface area contributed by atoms with E-state index in [-0.39, 0.29) is 24.1 Å². The lowest BCUT2D eigenvalue weighted by Crippen LogP contribution is -2.49. The van der Waals surface area contributed by atoms with Crippen LogP contribution in [-0.2, 0) is 5.75 Å². The molecule has 2 aliphatic heterocycles. The first-order valence-electron chi connectivity index (χ1n) is 12.0. The molecule has 5 rings (SSSR count). The van der Waals surface area contributed by atoms with Gasteiger partial charge in [0.15, 0.2) is 5.16 Å². The minimum absolute atomic E-state index is 0.0670. The Morgan fingerprint density at radius 3 is 2.40 bits per heavy atom. The van der Waals surface area contributed by atoms with Crippen LogP contribution < -0.4 is 4.74 Å². The second-order valence-corrected chi connectivity index (χ2v) is 10.3. The summed E-state index contributed by atoms with van der Waals surface area (Å²) in [5, 5.41) is 9.91. The van der Waals surface area contributed by atoms with E-state index in [2.05, 4.69) is 20.9 Å². The van der Waals surface area contributed by atoms with E-state index in [0.29, 0.717) is 5.56 Å². The fraction of sp³-hybridized carbons (Fsp3) is 0.357. The summed E-state index contributed by atoms with van der Waals surface area (Å²) in [6.45, 7) is 3.96. The van der Waals surface area contributed by atoms with E-state index >= 15 is 0 Å². The van der Waals surface area contributed by atoms with E-state index in [9.17, 15) is 4.79 Å². The van der Waals surface area contributed by atoms with E-state index < -0.39 is 0 Å². The second kappa shape index (κ2) is 10.1. The summed E-state index contributed by atoms with van der Waals surface area (Å²) in [4.78, 5) is 24.5. The Kier molecular flexibility index (Phi) is 6.74. The Morgan fingerprint density at radius 2 is 1.74 bits per heavy atom. The molecule has 2 aliphatic rings. The zero-order chi connectivity index (χ0) is 24.4. The molecule has 6 nitrogen and oxygen atoms in total. The molecule has 1 amide bonds. The van der Waals surface area contributed by atoms with Gasteiger partial charge in [0, 0.05) is 47.6 Å². The number of thioether (sulfide) groups is 1. The normalized spacial score (nSPS) is 20.9. The van der Waals surface area contributed by atoms with E-state index in [1.54, 1.807) is 23.9 Å². The number of nitriles is 1. The van der Waals surface area contributed by atoms with Crippen LogP contribution in [0.3, 0.4) is 0 Å². The molecule has 35 heavy (non-hydrogen) atoms. The van der Waals surface area contributed by atoms with E-state index in [1.165, 1.54) is 0 Å². The summed E-state index contributed by atoms with van der Waals surface area (Å²) < 4.78 is 6.20. The van der Waals surface area contributed by atoms with Crippen LogP contribution in [0.25, 0.3) is 0 Å². The number of hydrogen-bond donors (Lipinski definition) is 0. The molecular weight excluding hydrogens is 456 g/mol. The number of fused-ring (bicyclic) bond motifs is 2. The van der Waals surface area contributed by atoms with E-state index in [0.717, 1.165) is 64.9 Å². The van der Waals surface area contributed by atoms with Gasteiger partial charge in [-0.3, -0.25) is 4.79 Å². The van der Waals surface area contributed by atoms with Crippen molar-refractivity contribution in [1.82, 2.24) is 14.9 Å². The standard InChI is InChI=1S/C28H28N4O2S/c1-18-12-19(2)31-28(30-18)35-17-20-6-8-22(9-7-20)27(33)32-23-10-11-24(32)15-26(14-23)34-25-5-3-4-21(13-25)16-29/h3-9,12-13,23-24,26H,10-11,14-15,17H2,1-2H3. The van der Waals surface area contributed by atoms with Crippen LogP contribution in [0, 0.1) is 25.2 Å². The molecule has 0 aliphatic carbocycles. The Balaban J connectivity index is 1.20. The molecular formula is C28H28N4O2S. The number of aryl methyl sites for hydroxylation is 2. The van der Waals surface area contributed by atoms with Crippen molar-refractivity contribution in [3.63, 3.8) is 0 Å². The first kappa shape index (κ1) is 23.4. The average Bonchev–Trinajstić information content (AvgIpc) is 3.12. The van der Waals surface area contributed by atoms with Gasteiger partial charge in [0.25, 0.3) is 5.91 Å². The number of aromatic nitrogens is 2.